The van der Waals surface area contributed by atoms with Crippen LogP contribution in [0.3, 0.4) is 0 Å². The molecule has 0 N–H and O–H groups in total. The monoisotopic (exact) mass is 846 g/mol. The second-order valence-corrected chi connectivity index (χ2v) is 14.0. The molecule has 4 aromatic heterocycles. The maximum Gasteiger partial charge on any atom is 2.00 e. The number of nitrogens with zero attached hydrogens (tertiary/aromatic N) is 5. The third-order valence-corrected chi connectivity index (χ3v) is 10.0. The van der Waals surface area contributed by atoms with Crippen molar-refractivity contribution in [2.24, 2.45) is 10.9 Å². The van der Waals surface area contributed by atoms with E-state index in [1.165, 1.54) is 16.5 Å². The van der Waals surface area contributed by atoms with Crippen molar-refractivity contribution in [3.05, 3.63) is 132 Å². The SMILES string of the molecule is Cc1ccc2c(c1)c1ccc(-n3c4ccc(C(C)C)cc4c4cccnc43)[c-]c1n2-c1[c-]c(C2=N[C@H](C(C)C)CO2)cc(-c2ccccn2)c1.[Pt+2]. The van der Waals surface area contributed by atoms with Crippen LogP contribution >= 0.6 is 0 Å². The largest absolute Gasteiger partial charge is 2.00 e. The summed E-state index contributed by atoms with van der Waals surface area (Å²) in [5, 5.41) is 4.61. The minimum Gasteiger partial charge on any atom is -0.518 e. The molecule has 8 aromatic rings. The van der Waals surface area contributed by atoms with Gasteiger partial charge in [-0.3, -0.25) is 9.98 Å². The predicted molar refractivity (Wildman–Crippen MR) is 204 cm³/mol. The van der Waals surface area contributed by atoms with E-state index in [1.807, 2.05) is 36.7 Å². The Morgan fingerprint density at radius 1 is 0.725 bits per heavy atom. The van der Waals surface area contributed by atoms with Gasteiger partial charge in [0.15, 0.2) is 0 Å². The Morgan fingerprint density at radius 3 is 2.31 bits per heavy atom. The smallest absolute Gasteiger partial charge is 0.518 e. The quantitative estimate of drug-likeness (QED) is 0.157. The zero-order valence-corrected chi connectivity index (χ0v) is 31.5. The number of aryl methyl sites for hydroxylation is 1. The van der Waals surface area contributed by atoms with Crippen molar-refractivity contribution < 1.29 is 25.8 Å². The average molecular weight is 847 g/mol. The van der Waals surface area contributed by atoms with Gasteiger partial charge in [-0.2, -0.15) is 6.07 Å². The normalized spacial score (nSPS) is 14.6. The van der Waals surface area contributed by atoms with E-state index in [0.717, 1.165) is 66.6 Å². The van der Waals surface area contributed by atoms with Gasteiger partial charge in [0.05, 0.1) is 23.9 Å². The molecule has 0 spiro atoms. The molecule has 0 unspecified atom stereocenters. The van der Waals surface area contributed by atoms with Gasteiger partial charge in [0.25, 0.3) is 0 Å². The molecule has 0 aliphatic carbocycles. The Labute approximate surface area is 312 Å². The molecule has 6 nitrogen and oxygen atoms in total. The zero-order chi connectivity index (χ0) is 34.1. The van der Waals surface area contributed by atoms with Crippen molar-refractivity contribution in [1.82, 2.24) is 19.1 Å². The third-order valence-electron chi connectivity index (χ3n) is 10.0. The molecule has 1 aliphatic rings. The van der Waals surface area contributed by atoms with Crippen LogP contribution in [0.15, 0.2) is 108 Å². The maximum atomic E-state index is 6.21. The van der Waals surface area contributed by atoms with Crippen molar-refractivity contribution in [2.45, 2.75) is 46.6 Å². The summed E-state index contributed by atoms with van der Waals surface area (Å²) in [6.45, 7) is 11.6. The molecular weight excluding hydrogens is 810 g/mol. The fourth-order valence-corrected chi connectivity index (χ4v) is 7.24. The van der Waals surface area contributed by atoms with Gasteiger partial charge in [0.2, 0.25) is 0 Å². The van der Waals surface area contributed by atoms with E-state index in [0.29, 0.717) is 24.3 Å². The number of aliphatic imine (C=N–C) groups is 1. The molecule has 0 amide bonds. The van der Waals surface area contributed by atoms with Crippen LogP contribution < -0.4 is 0 Å². The molecule has 1 atom stereocenters. The minimum absolute atomic E-state index is 0. The summed E-state index contributed by atoms with van der Waals surface area (Å²) in [4.78, 5) is 14.6. The van der Waals surface area contributed by atoms with Crippen LogP contribution in [0.5, 0.6) is 0 Å². The second-order valence-electron chi connectivity index (χ2n) is 14.0. The molecule has 0 saturated heterocycles. The number of hydrogen-bond donors (Lipinski definition) is 0. The molecule has 0 radical (unpaired) electrons. The van der Waals surface area contributed by atoms with Crippen molar-refractivity contribution in [3.8, 4) is 22.6 Å². The van der Waals surface area contributed by atoms with Gasteiger partial charge in [-0.25, -0.2) is 4.98 Å². The van der Waals surface area contributed by atoms with E-state index in [2.05, 4.69) is 123 Å². The molecule has 5 heterocycles. The maximum absolute atomic E-state index is 6.21. The van der Waals surface area contributed by atoms with Gasteiger partial charge in [0, 0.05) is 28.7 Å². The fourth-order valence-electron chi connectivity index (χ4n) is 7.24. The molecule has 0 fully saturated rings. The van der Waals surface area contributed by atoms with Crippen LogP contribution in [-0.2, 0) is 25.8 Å². The Morgan fingerprint density at radius 2 is 1.53 bits per heavy atom. The van der Waals surface area contributed by atoms with Crippen molar-refractivity contribution >= 4 is 49.6 Å². The summed E-state index contributed by atoms with van der Waals surface area (Å²) in [6, 6.07) is 40.0. The average Bonchev–Trinajstić information content (AvgIpc) is 3.84. The zero-order valence-electron chi connectivity index (χ0n) is 29.2. The Bertz CT molecular complexity index is 2630. The fraction of sp³-hybridized carbons (Fsp3) is 0.205. The van der Waals surface area contributed by atoms with E-state index < -0.39 is 0 Å². The van der Waals surface area contributed by atoms with Gasteiger partial charge < -0.3 is 13.9 Å². The summed E-state index contributed by atoms with van der Waals surface area (Å²) in [6.07, 6.45) is 3.70. The summed E-state index contributed by atoms with van der Waals surface area (Å²) in [7, 11) is 0. The third kappa shape index (κ3) is 5.57. The van der Waals surface area contributed by atoms with Crippen LogP contribution in [0.2, 0.25) is 0 Å². The Kier molecular flexibility index (Phi) is 8.39. The summed E-state index contributed by atoms with van der Waals surface area (Å²) >= 11 is 0. The van der Waals surface area contributed by atoms with Gasteiger partial charge in [-0.15, -0.1) is 35.7 Å². The van der Waals surface area contributed by atoms with E-state index in [1.54, 1.807) is 0 Å². The number of benzene rings is 4. The van der Waals surface area contributed by atoms with Gasteiger partial charge >= 0.3 is 21.1 Å². The first-order chi connectivity index (χ1) is 24.3. The van der Waals surface area contributed by atoms with Crippen molar-refractivity contribution in [1.29, 1.82) is 0 Å². The molecule has 4 aromatic carbocycles. The van der Waals surface area contributed by atoms with Crippen molar-refractivity contribution in [3.63, 3.8) is 0 Å². The molecule has 51 heavy (non-hydrogen) atoms. The molecule has 7 heteroatoms. The minimum atomic E-state index is 0. The number of ether oxygens (including phenoxy) is 1. The van der Waals surface area contributed by atoms with E-state index >= 15 is 0 Å². The van der Waals surface area contributed by atoms with Crippen LogP contribution in [0, 0.1) is 25.0 Å². The standard InChI is InChI=1S/C44H37N5O.Pt/c1-26(2)29-12-16-41-37(23-29)35-9-8-18-46-43(35)49(41)32-13-14-34-36-19-28(5)11-15-40(36)48(42(34)24-32)33-21-30(38-10-6-7-17-45-38)20-31(22-33)44-47-39(25-50-44)27(3)4;/h6-21,23,26-27,39H,25H2,1-5H3;/q-2;+2/t39-;/m0./s1. The molecule has 254 valence electrons. The summed E-state index contributed by atoms with van der Waals surface area (Å²) < 4.78 is 10.7. The van der Waals surface area contributed by atoms with Crippen LogP contribution in [0.25, 0.3) is 66.4 Å². The first-order valence-corrected chi connectivity index (χ1v) is 17.4. The molecule has 0 bridgehead atoms. The van der Waals surface area contributed by atoms with Crippen molar-refractivity contribution in [2.75, 3.05) is 6.61 Å². The molecule has 9 rings (SSSR count). The topological polar surface area (TPSA) is 57.2 Å². The number of pyridine rings is 2. The number of rotatable bonds is 6. The van der Waals surface area contributed by atoms with E-state index in [-0.39, 0.29) is 27.1 Å². The number of fused-ring (bicyclic) bond motifs is 6. The molecule has 0 saturated carbocycles. The van der Waals surface area contributed by atoms with Crippen LogP contribution in [0.1, 0.15) is 50.3 Å². The van der Waals surface area contributed by atoms with Gasteiger partial charge in [-0.05, 0) is 77.9 Å². The van der Waals surface area contributed by atoms with Crippen LogP contribution in [0.4, 0.5) is 0 Å². The first kappa shape index (κ1) is 33.1. The Balaban J connectivity index is 0.00000374. The van der Waals surface area contributed by atoms with Crippen LogP contribution in [-0.4, -0.2) is 37.6 Å². The molecule has 1 aliphatic heterocycles. The Hall–Kier alpha value is -5.06. The predicted octanol–water partition coefficient (Wildman–Crippen LogP) is 10.2. The summed E-state index contributed by atoms with van der Waals surface area (Å²) in [5.41, 5.74) is 11.0. The molecular formula is C44H37N5OPt. The first-order valence-electron chi connectivity index (χ1n) is 17.4. The summed E-state index contributed by atoms with van der Waals surface area (Å²) in [5.74, 6) is 1.43. The van der Waals surface area contributed by atoms with Gasteiger partial charge in [-0.1, -0.05) is 79.9 Å². The van der Waals surface area contributed by atoms with E-state index in [4.69, 9.17) is 19.7 Å². The number of hydrogen-bond acceptors (Lipinski definition) is 4. The second kappa shape index (κ2) is 12.9. The van der Waals surface area contributed by atoms with E-state index in [9.17, 15) is 0 Å². The number of aromatic nitrogens is 4. The van der Waals surface area contributed by atoms with Gasteiger partial charge in [0.1, 0.15) is 11.5 Å².